The van der Waals surface area contributed by atoms with Crippen molar-refractivity contribution in [3.8, 4) is 5.75 Å². The Kier molecular flexibility index (Phi) is 6.45. The summed E-state index contributed by atoms with van der Waals surface area (Å²) in [5, 5.41) is 22.8. The highest BCUT2D eigenvalue weighted by atomic mass is 16.3. The van der Waals surface area contributed by atoms with Crippen LogP contribution in [0.5, 0.6) is 5.75 Å². The number of phenols is 1. The van der Waals surface area contributed by atoms with Crippen LogP contribution in [0.15, 0.2) is 12.1 Å². The second-order valence-corrected chi connectivity index (χ2v) is 8.14. The van der Waals surface area contributed by atoms with Crippen molar-refractivity contribution in [2.75, 3.05) is 13.2 Å². The van der Waals surface area contributed by atoms with Gasteiger partial charge < -0.3 is 15.5 Å². The maximum absolute atomic E-state index is 10.6. The number of nitrogens with one attached hydrogen (secondary N) is 1. The minimum absolute atomic E-state index is 0.0549. The Bertz CT molecular complexity index is 481. The first-order valence-electron chi connectivity index (χ1n) is 8.26. The highest BCUT2D eigenvalue weighted by Gasteiger charge is 2.24. The highest BCUT2D eigenvalue weighted by Crippen LogP contribution is 2.37. The summed E-state index contributed by atoms with van der Waals surface area (Å²) < 4.78 is 0. The molecule has 0 unspecified atom stereocenters. The van der Waals surface area contributed by atoms with Gasteiger partial charge in [-0.2, -0.15) is 0 Å². The molecule has 0 fully saturated rings. The lowest BCUT2D eigenvalue weighted by Gasteiger charge is -2.27. The molecule has 0 saturated heterocycles. The lowest BCUT2D eigenvalue weighted by atomic mass is 9.79. The first-order chi connectivity index (χ1) is 10.1. The predicted molar refractivity (Wildman–Crippen MR) is 93.5 cm³/mol. The summed E-state index contributed by atoms with van der Waals surface area (Å²) in [7, 11) is 0. The first-order valence-corrected chi connectivity index (χ1v) is 8.26. The summed E-state index contributed by atoms with van der Waals surface area (Å²) in [6.07, 6.45) is 1.76. The van der Waals surface area contributed by atoms with Gasteiger partial charge in [-0.25, -0.2) is 0 Å². The Hall–Kier alpha value is -1.06. The standard InChI is InChI=1S/C19H33NO2/c1-18(2,3)15-11-14(13-20-9-7-8-10-21)17(22)16(12-15)19(4,5)6/h11-12,20-22H,7-10,13H2,1-6H3. The zero-order valence-corrected chi connectivity index (χ0v) is 15.1. The number of rotatable bonds is 6. The molecule has 1 aromatic carbocycles. The molecule has 0 radical (unpaired) electrons. The van der Waals surface area contributed by atoms with E-state index in [9.17, 15) is 5.11 Å². The minimum Gasteiger partial charge on any atom is -0.507 e. The zero-order chi connectivity index (χ0) is 17.0. The van der Waals surface area contributed by atoms with Crippen LogP contribution in [-0.2, 0) is 17.4 Å². The van der Waals surface area contributed by atoms with Crippen LogP contribution in [0, 0.1) is 0 Å². The van der Waals surface area contributed by atoms with Crippen molar-refractivity contribution in [2.24, 2.45) is 0 Å². The largest absolute Gasteiger partial charge is 0.507 e. The van der Waals surface area contributed by atoms with Crippen molar-refractivity contribution in [3.05, 3.63) is 28.8 Å². The molecule has 22 heavy (non-hydrogen) atoms. The molecular weight excluding hydrogens is 274 g/mol. The summed E-state index contributed by atoms with van der Waals surface area (Å²) in [6, 6.07) is 4.26. The van der Waals surface area contributed by atoms with Crippen molar-refractivity contribution in [3.63, 3.8) is 0 Å². The lowest BCUT2D eigenvalue weighted by Crippen LogP contribution is -2.20. The maximum Gasteiger partial charge on any atom is 0.123 e. The first kappa shape index (κ1) is 19.0. The van der Waals surface area contributed by atoms with E-state index in [0.29, 0.717) is 12.3 Å². The number of hydrogen-bond acceptors (Lipinski definition) is 3. The van der Waals surface area contributed by atoms with E-state index < -0.39 is 0 Å². The zero-order valence-electron chi connectivity index (χ0n) is 15.1. The van der Waals surface area contributed by atoms with Crippen LogP contribution in [0.4, 0.5) is 0 Å². The normalized spacial score (nSPS) is 12.7. The molecule has 0 aliphatic carbocycles. The summed E-state index contributed by atoms with van der Waals surface area (Å²) in [5.74, 6) is 0.412. The van der Waals surface area contributed by atoms with Crippen molar-refractivity contribution in [1.82, 2.24) is 5.32 Å². The van der Waals surface area contributed by atoms with Gasteiger partial charge in [0.1, 0.15) is 5.75 Å². The number of hydrogen-bond donors (Lipinski definition) is 3. The van der Waals surface area contributed by atoms with Crippen LogP contribution < -0.4 is 5.32 Å². The third kappa shape index (κ3) is 5.29. The third-order valence-corrected chi connectivity index (χ3v) is 3.94. The lowest BCUT2D eigenvalue weighted by molar-refractivity contribution is 0.283. The molecule has 1 aromatic rings. The molecule has 0 bridgehead atoms. The molecule has 0 heterocycles. The molecule has 0 spiro atoms. The quantitative estimate of drug-likeness (QED) is 0.700. The number of benzene rings is 1. The van der Waals surface area contributed by atoms with Crippen molar-refractivity contribution in [1.29, 1.82) is 0 Å². The molecular formula is C19H33NO2. The van der Waals surface area contributed by atoms with Crippen LogP contribution in [0.25, 0.3) is 0 Å². The molecule has 126 valence electrons. The van der Waals surface area contributed by atoms with Gasteiger partial charge in [0, 0.05) is 18.7 Å². The van der Waals surface area contributed by atoms with E-state index in [2.05, 4.69) is 59.0 Å². The summed E-state index contributed by atoms with van der Waals surface area (Å²) in [5.41, 5.74) is 3.19. The maximum atomic E-state index is 10.6. The molecule has 0 atom stereocenters. The Morgan fingerprint density at radius 1 is 0.955 bits per heavy atom. The molecule has 0 aliphatic heterocycles. The molecule has 0 saturated carbocycles. The number of unbranched alkanes of at least 4 members (excludes halogenated alkanes) is 1. The van der Waals surface area contributed by atoms with Crippen LogP contribution in [0.2, 0.25) is 0 Å². The van der Waals surface area contributed by atoms with Gasteiger partial charge in [-0.3, -0.25) is 0 Å². The molecule has 0 aliphatic rings. The molecule has 3 nitrogen and oxygen atoms in total. The Labute approximate surface area is 135 Å². The second-order valence-electron chi connectivity index (χ2n) is 8.14. The highest BCUT2D eigenvalue weighted by molar-refractivity contribution is 5.48. The molecule has 1 rings (SSSR count). The van der Waals surface area contributed by atoms with Crippen molar-refractivity contribution >= 4 is 0 Å². The molecule has 0 amide bonds. The molecule has 3 N–H and O–H groups in total. The van der Waals surface area contributed by atoms with E-state index in [0.717, 1.165) is 30.5 Å². The van der Waals surface area contributed by atoms with Gasteiger partial charge >= 0.3 is 0 Å². The predicted octanol–water partition coefficient (Wildman–Crippen LogP) is 3.85. The summed E-state index contributed by atoms with van der Waals surface area (Å²) in [6.45, 7) is 14.7. The van der Waals surface area contributed by atoms with E-state index in [1.54, 1.807) is 0 Å². The van der Waals surface area contributed by atoms with Crippen LogP contribution >= 0.6 is 0 Å². The van der Waals surface area contributed by atoms with Gasteiger partial charge in [-0.05, 0) is 41.3 Å². The summed E-state index contributed by atoms with van der Waals surface area (Å²) >= 11 is 0. The average molecular weight is 307 g/mol. The van der Waals surface area contributed by atoms with Gasteiger partial charge in [0.15, 0.2) is 0 Å². The Morgan fingerprint density at radius 2 is 1.59 bits per heavy atom. The van der Waals surface area contributed by atoms with Gasteiger partial charge in [0.25, 0.3) is 0 Å². The van der Waals surface area contributed by atoms with Crippen LogP contribution in [0.1, 0.15) is 71.1 Å². The fraction of sp³-hybridized carbons (Fsp3) is 0.684. The van der Waals surface area contributed by atoms with Gasteiger partial charge in [0.05, 0.1) is 0 Å². The van der Waals surface area contributed by atoms with Crippen molar-refractivity contribution < 1.29 is 10.2 Å². The van der Waals surface area contributed by atoms with Gasteiger partial charge in [-0.1, -0.05) is 53.7 Å². The van der Waals surface area contributed by atoms with E-state index >= 15 is 0 Å². The number of aromatic hydroxyl groups is 1. The Morgan fingerprint density at radius 3 is 2.09 bits per heavy atom. The number of aliphatic hydroxyl groups excluding tert-OH is 1. The monoisotopic (exact) mass is 307 g/mol. The van der Waals surface area contributed by atoms with Crippen molar-refractivity contribution in [2.45, 2.75) is 71.8 Å². The van der Waals surface area contributed by atoms with E-state index in [-0.39, 0.29) is 17.4 Å². The molecule has 3 heteroatoms. The fourth-order valence-corrected chi connectivity index (χ4v) is 2.42. The smallest absolute Gasteiger partial charge is 0.123 e. The fourth-order valence-electron chi connectivity index (χ4n) is 2.42. The Balaban J connectivity index is 3.04. The van der Waals surface area contributed by atoms with E-state index in [1.165, 1.54) is 5.56 Å². The second kappa shape index (κ2) is 7.47. The van der Waals surface area contributed by atoms with Crippen LogP contribution in [0.3, 0.4) is 0 Å². The van der Waals surface area contributed by atoms with E-state index in [4.69, 9.17) is 5.11 Å². The third-order valence-electron chi connectivity index (χ3n) is 3.94. The van der Waals surface area contributed by atoms with Crippen LogP contribution in [-0.4, -0.2) is 23.4 Å². The minimum atomic E-state index is -0.0863. The van der Waals surface area contributed by atoms with Gasteiger partial charge in [-0.15, -0.1) is 0 Å². The van der Waals surface area contributed by atoms with Gasteiger partial charge in [0.2, 0.25) is 0 Å². The molecule has 0 aromatic heterocycles. The average Bonchev–Trinajstić information content (AvgIpc) is 2.37. The number of phenolic OH excluding ortho intramolecular Hbond substituents is 1. The van der Waals surface area contributed by atoms with E-state index in [1.807, 2.05) is 0 Å². The summed E-state index contributed by atoms with van der Waals surface area (Å²) in [4.78, 5) is 0. The number of aliphatic hydroxyl groups is 1. The topological polar surface area (TPSA) is 52.5 Å². The SMILES string of the molecule is CC(C)(C)c1cc(CNCCCCO)c(O)c(C(C)(C)C)c1.